The molecule has 1 heterocycles. The maximum atomic E-state index is 11.9. The summed E-state index contributed by atoms with van der Waals surface area (Å²) in [5, 5.41) is 12.8. The van der Waals surface area contributed by atoms with Gasteiger partial charge in [0.2, 0.25) is 5.91 Å². The van der Waals surface area contributed by atoms with Gasteiger partial charge in [0, 0.05) is 40.4 Å². The summed E-state index contributed by atoms with van der Waals surface area (Å²) in [6.45, 7) is 4.94. The molecular weight excluding hydrogens is 486 g/mol. The number of hydrogen-bond donors (Lipinski definition) is 2. The van der Waals surface area contributed by atoms with Crippen LogP contribution in [0, 0.1) is 6.92 Å². The number of carbonyl (C=O) groups is 2. The number of carboxylic acid groups (broad SMARTS) is 1. The fourth-order valence-electron chi connectivity index (χ4n) is 3.97. The highest BCUT2D eigenvalue weighted by Gasteiger charge is 2.41. The van der Waals surface area contributed by atoms with Gasteiger partial charge < -0.3 is 19.9 Å². The van der Waals surface area contributed by atoms with E-state index in [2.05, 4.69) is 21.2 Å². The van der Waals surface area contributed by atoms with Gasteiger partial charge in [-0.05, 0) is 49.2 Å². The molecule has 0 bridgehead atoms. The van der Waals surface area contributed by atoms with Crippen LogP contribution in [-0.4, -0.2) is 29.1 Å². The number of hydrogen-bond acceptors (Lipinski definition) is 4. The minimum Gasteiger partial charge on any atom is -0.482 e. The number of rotatable bonds is 6. The summed E-state index contributed by atoms with van der Waals surface area (Å²) in [6.07, 6.45) is 0.380. The van der Waals surface area contributed by atoms with Crippen LogP contribution in [0.4, 0.5) is 0 Å². The van der Waals surface area contributed by atoms with E-state index in [0.29, 0.717) is 23.6 Å². The molecule has 1 amide bonds. The van der Waals surface area contributed by atoms with Gasteiger partial charge in [-0.3, -0.25) is 4.79 Å². The summed E-state index contributed by atoms with van der Waals surface area (Å²) in [5.74, 6) is -0.723. The maximum Gasteiger partial charge on any atom is 0.341 e. The highest BCUT2D eigenvalue weighted by atomic mass is 79.9. The molecule has 1 fully saturated rings. The van der Waals surface area contributed by atoms with E-state index in [0.717, 1.165) is 21.2 Å². The normalized spacial score (nSPS) is 23.3. The average Bonchev–Trinajstić information content (AvgIpc) is 2.67. The molecule has 0 spiro atoms. The van der Waals surface area contributed by atoms with E-state index in [1.54, 1.807) is 6.07 Å². The SMILES string of the molecule is CC(=O)N[C@@]1(C)C[C@@H](c2ccc(Cl)cc2)O[C@@H](c2cc(Br)c(C)cc2OCC(=O)O)C1. The second-order valence-corrected chi connectivity index (χ2v) is 9.43. The van der Waals surface area contributed by atoms with E-state index in [1.165, 1.54) is 6.92 Å². The minimum absolute atomic E-state index is 0.120. The topological polar surface area (TPSA) is 84.9 Å². The number of aliphatic carboxylic acids is 1. The molecule has 0 aromatic heterocycles. The Kier molecular flexibility index (Phi) is 7.29. The number of amides is 1. The first-order valence-electron chi connectivity index (χ1n) is 9.90. The number of carboxylic acids is 1. The Morgan fingerprint density at radius 2 is 1.90 bits per heavy atom. The van der Waals surface area contributed by atoms with Crippen LogP contribution in [0.3, 0.4) is 0 Å². The zero-order valence-corrected chi connectivity index (χ0v) is 19.9. The molecule has 2 aromatic carbocycles. The van der Waals surface area contributed by atoms with Crippen molar-refractivity contribution < 1.29 is 24.2 Å². The van der Waals surface area contributed by atoms with Gasteiger partial charge in [0.15, 0.2) is 6.61 Å². The Hall–Kier alpha value is -2.09. The highest BCUT2D eigenvalue weighted by molar-refractivity contribution is 9.10. The van der Waals surface area contributed by atoms with Crippen LogP contribution in [0.1, 0.15) is 55.6 Å². The fourth-order valence-corrected chi connectivity index (χ4v) is 4.45. The molecule has 0 unspecified atom stereocenters. The molecule has 2 aromatic rings. The maximum absolute atomic E-state index is 11.9. The fraction of sp³-hybridized carbons (Fsp3) is 0.391. The molecule has 1 aliphatic heterocycles. The van der Waals surface area contributed by atoms with Crippen LogP contribution in [0.2, 0.25) is 5.02 Å². The lowest BCUT2D eigenvalue weighted by Crippen LogP contribution is -2.50. The van der Waals surface area contributed by atoms with Gasteiger partial charge >= 0.3 is 5.97 Å². The third-order valence-corrected chi connectivity index (χ3v) is 6.42. The van der Waals surface area contributed by atoms with Crippen molar-refractivity contribution in [1.82, 2.24) is 5.32 Å². The molecule has 3 rings (SSSR count). The molecular formula is C23H25BrClNO5. The molecule has 1 aliphatic rings. The summed E-state index contributed by atoms with van der Waals surface area (Å²) < 4.78 is 12.9. The molecule has 166 valence electrons. The van der Waals surface area contributed by atoms with Crippen molar-refractivity contribution in [2.75, 3.05) is 6.61 Å². The second kappa shape index (κ2) is 9.59. The summed E-state index contributed by atoms with van der Waals surface area (Å²) in [4.78, 5) is 23.0. The Labute approximate surface area is 195 Å². The van der Waals surface area contributed by atoms with Gasteiger partial charge in [0.05, 0.1) is 12.2 Å². The van der Waals surface area contributed by atoms with Crippen molar-refractivity contribution in [3.05, 3.63) is 62.6 Å². The summed E-state index contributed by atoms with van der Waals surface area (Å²) in [6, 6.07) is 11.1. The monoisotopic (exact) mass is 509 g/mol. The summed E-state index contributed by atoms with van der Waals surface area (Å²) in [5.41, 5.74) is 2.07. The van der Waals surface area contributed by atoms with Gasteiger partial charge in [0.25, 0.3) is 0 Å². The Morgan fingerprint density at radius 1 is 1.26 bits per heavy atom. The van der Waals surface area contributed by atoms with Crippen LogP contribution in [-0.2, 0) is 14.3 Å². The first-order valence-corrected chi connectivity index (χ1v) is 11.1. The van der Waals surface area contributed by atoms with Crippen LogP contribution < -0.4 is 10.1 Å². The van der Waals surface area contributed by atoms with Crippen molar-refractivity contribution in [2.45, 2.75) is 51.4 Å². The van der Waals surface area contributed by atoms with Gasteiger partial charge in [-0.1, -0.05) is 39.7 Å². The number of benzene rings is 2. The third kappa shape index (κ3) is 5.99. The summed E-state index contributed by atoms with van der Waals surface area (Å²) >= 11 is 9.60. The standard InChI is InChI=1S/C23H25BrClNO5/c1-13-8-19(30-12-22(28)29)17(9-18(13)24)21-11-23(3,26-14(2)27)10-20(31-21)15-4-6-16(25)7-5-15/h4-9,20-21H,10-12H2,1-3H3,(H,26,27)(H,28,29)/t20-,21+,23-/m0/s1. The van der Waals surface area contributed by atoms with Gasteiger partial charge in [-0.2, -0.15) is 0 Å². The Bertz CT molecular complexity index is 981. The number of carbonyl (C=O) groups excluding carboxylic acids is 1. The van der Waals surface area contributed by atoms with Crippen molar-refractivity contribution in [1.29, 1.82) is 0 Å². The van der Waals surface area contributed by atoms with Gasteiger partial charge in [0.1, 0.15) is 5.75 Å². The minimum atomic E-state index is -1.06. The molecule has 1 saturated heterocycles. The number of nitrogens with one attached hydrogen (secondary N) is 1. The van der Waals surface area contributed by atoms with Crippen LogP contribution in [0.5, 0.6) is 5.75 Å². The van der Waals surface area contributed by atoms with E-state index in [-0.39, 0.29) is 12.0 Å². The third-order valence-electron chi connectivity index (χ3n) is 5.31. The number of ether oxygens (including phenoxy) is 2. The predicted octanol–water partition coefficient (Wildman–Crippen LogP) is 5.36. The van der Waals surface area contributed by atoms with E-state index < -0.39 is 24.2 Å². The summed E-state index contributed by atoms with van der Waals surface area (Å²) in [7, 11) is 0. The molecule has 0 saturated carbocycles. The molecule has 6 nitrogen and oxygen atoms in total. The molecule has 2 N–H and O–H groups in total. The first-order chi connectivity index (χ1) is 14.6. The van der Waals surface area contributed by atoms with Crippen LogP contribution in [0.25, 0.3) is 0 Å². The van der Waals surface area contributed by atoms with E-state index in [9.17, 15) is 9.59 Å². The van der Waals surface area contributed by atoms with Crippen molar-refractivity contribution in [2.24, 2.45) is 0 Å². The lowest BCUT2D eigenvalue weighted by atomic mass is 9.81. The molecule has 31 heavy (non-hydrogen) atoms. The van der Waals surface area contributed by atoms with Gasteiger partial charge in [-0.15, -0.1) is 0 Å². The molecule has 8 heteroatoms. The van der Waals surface area contributed by atoms with Gasteiger partial charge in [-0.25, -0.2) is 4.79 Å². The second-order valence-electron chi connectivity index (χ2n) is 8.14. The van der Waals surface area contributed by atoms with E-state index in [1.807, 2.05) is 44.2 Å². The first kappa shape index (κ1) is 23.6. The quantitative estimate of drug-likeness (QED) is 0.546. The van der Waals surface area contributed by atoms with Crippen molar-refractivity contribution in [3.8, 4) is 5.75 Å². The lowest BCUT2D eigenvalue weighted by Gasteiger charge is -2.43. The molecule has 0 aliphatic carbocycles. The number of aryl methyl sites for hydroxylation is 1. The van der Waals surface area contributed by atoms with E-state index in [4.69, 9.17) is 26.2 Å². The van der Waals surface area contributed by atoms with Crippen molar-refractivity contribution in [3.63, 3.8) is 0 Å². The number of halogens is 2. The smallest absolute Gasteiger partial charge is 0.341 e. The predicted molar refractivity (Wildman–Crippen MR) is 121 cm³/mol. The van der Waals surface area contributed by atoms with Crippen LogP contribution >= 0.6 is 27.5 Å². The largest absolute Gasteiger partial charge is 0.482 e. The molecule has 3 atom stereocenters. The Balaban J connectivity index is 2.01. The molecule has 0 radical (unpaired) electrons. The zero-order valence-electron chi connectivity index (χ0n) is 17.6. The van der Waals surface area contributed by atoms with Crippen LogP contribution in [0.15, 0.2) is 40.9 Å². The average molecular weight is 511 g/mol. The zero-order chi connectivity index (χ0) is 22.8. The van der Waals surface area contributed by atoms with E-state index >= 15 is 0 Å². The Morgan fingerprint density at radius 3 is 2.52 bits per heavy atom. The lowest BCUT2D eigenvalue weighted by molar-refractivity contribution is -0.139. The van der Waals surface area contributed by atoms with Crippen molar-refractivity contribution >= 4 is 39.4 Å². The highest BCUT2D eigenvalue weighted by Crippen LogP contribution is 2.46.